The molecule has 0 bridgehead atoms. The highest BCUT2D eigenvalue weighted by atomic mass is 35.5. The van der Waals surface area contributed by atoms with Crippen molar-refractivity contribution in [2.45, 2.75) is 6.92 Å². The summed E-state index contributed by atoms with van der Waals surface area (Å²) in [6.45, 7) is 5.29. The molecule has 2 aliphatic rings. The molecule has 2 fully saturated rings. The van der Waals surface area contributed by atoms with E-state index < -0.39 is 0 Å². The van der Waals surface area contributed by atoms with E-state index in [2.05, 4.69) is 10.3 Å². The normalized spacial score (nSPS) is 22.9. The summed E-state index contributed by atoms with van der Waals surface area (Å²) in [5.74, 6) is 0.840. The van der Waals surface area contributed by atoms with Crippen molar-refractivity contribution in [2.24, 2.45) is 11.8 Å². The number of likely N-dealkylation sites (tertiary alicyclic amines) is 1. The lowest BCUT2D eigenvalue weighted by Gasteiger charge is -2.17. The molecule has 122 valence electrons. The molecule has 0 radical (unpaired) electrons. The number of rotatable bonds is 1. The second-order valence-electron chi connectivity index (χ2n) is 6.30. The maximum absolute atomic E-state index is 12.7. The van der Waals surface area contributed by atoms with Crippen LogP contribution in [-0.4, -0.2) is 46.4 Å². The third-order valence-corrected chi connectivity index (χ3v) is 4.76. The summed E-state index contributed by atoms with van der Waals surface area (Å²) in [4.78, 5) is 31.3. The Morgan fingerprint density at radius 3 is 2.65 bits per heavy atom. The number of halogens is 1. The van der Waals surface area contributed by atoms with Gasteiger partial charge in [0.05, 0.1) is 0 Å². The van der Waals surface area contributed by atoms with E-state index >= 15 is 0 Å². The zero-order valence-corrected chi connectivity index (χ0v) is 13.7. The van der Waals surface area contributed by atoms with E-state index in [0.29, 0.717) is 17.5 Å². The minimum absolute atomic E-state index is 0. The van der Waals surface area contributed by atoms with E-state index in [1.807, 2.05) is 13.0 Å². The number of carbonyl (C=O) groups is 1. The summed E-state index contributed by atoms with van der Waals surface area (Å²) in [6.07, 6.45) is 3.14. The van der Waals surface area contributed by atoms with Crippen LogP contribution in [0.4, 0.5) is 0 Å². The first-order valence-corrected chi connectivity index (χ1v) is 7.61. The van der Waals surface area contributed by atoms with Crippen LogP contribution in [0.3, 0.4) is 0 Å². The maximum Gasteiger partial charge on any atom is 0.270 e. The van der Waals surface area contributed by atoms with Crippen LogP contribution in [0.25, 0.3) is 5.65 Å². The van der Waals surface area contributed by atoms with Gasteiger partial charge in [-0.15, -0.1) is 12.4 Å². The fourth-order valence-electron chi connectivity index (χ4n) is 3.52. The summed E-state index contributed by atoms with van der Waals surface area (Å²) in [6, 6.07) is 3.69. The van der Waals surface area contributed by atoms with E-state index in [0.717, 1.165) is 31.7 Å². The molecule has 1 amide bonds. The lowest BCUT2D eigenvalue weighted by atomic mass is 10.0. The highest BCUT2D eigenvalue weighted by Gasteiger charge is 2.38. The molecule has 2 aliphatic heterocycles. The second-order valence-corrected chi connectivity index (χ2v) is 6.30. The minimum atomic E-state index is -0.283. The molecule has 7 heteroatoms. The number of nitrogens with one attached hydrogen (secondary N) is 1. The van der Waals surface area contributed by atoms with Crippen LogP contribution >= 0.6 is 12.4 Å². The second kappa shape index (κ2) is 5.94. The molecule has 0 aromatic carbocycles. The number of fused-ring (bicyclic) bond motifs is 2. The predicted molar refractivity (Wildman–Crippen MR) is 89.2 cm³/mol. The molecule has 4 heterocycles. The average Bonchev–Trinajstić information content (AvgIpc) is 3.09. The van der Waals surface area contributed by atoms with Crippen LogP contribution in [0.5, 0.6) is 0 Å². The molecule has 0 spiro atoms. The van der Waals surface area contributed by atoms with Crippen molar-refractivity contribution in [1.29, 1.82) is 0 Å². The van der Waals surface area contributed by atoms with Gasteiger partial charge in [0.1, 0.15) is 11.2 Å². The lowest BCUT2D eigenvalue weighted by Crippen LogP contribution is -2.36. The Kier molecular flexibility index (Phi) is 4.12. The van der Waals surface area contributed by atoms with Crippen LogP contribution in [0, 0.1) is 18.8 Å². The van der Waals surface area contributed by atoms with Crippen LogP contribution < -0.4 is 10.9 Å². The van der Waals surface area contributed by atoms with E-state index in [4.69, 9.17) is 0 Å². The standard InChI is InChI=1S/C16H18N4O2.ClH/c1-10-2-3-14-18-6-13(16(22)20(14)7-10)15(21)19-8-11-4-17-5-12(11)9-19;/h2-3,6-7,11-12,17H,4-5,8-9H2,1H3;1H/t11-,12+;. The highest BCUT2D eigenvalue weighted by Crippen LogP contribution is 2.26. The largest absolute Gasteiger partial charge is 0.338 e. The first-order chi connectivity index (χ1) is 10.6. The zero-order chi connectivity index (χ0) is 15.3. The third-order valence-electron chi connectivity index (χ3n) is 4.76. The summed E-state index contributed by atoms with van der Waals surface area (Å²) >= 11 is 0. The van der Waals surface area contributed by atoms with Crippen molar-refractivity contribution in [3.05, 3.63) is 46.0 Å². The van der Waals surface area contributed by atoms with Gasteiger partial charge in [-0.1, -0.05) is 6.07 Å². The number of pyridine rings is 1. The van der Waals surface area contributed by atoms with Crippen LogP contribution in [0.1, 0.15) is 15.9 Å². The van der Waals surface area contributed by atoms with Gasteiger partial charge >= 0.3 is 0 Å². The van der Waals surface area contributed by atoms with Gasteiger partial charge in [-0.2, -0.15) is 0 Å². The number of aryl methyl sites for hydroxylation is 1. The van der Waals surface area contributed by atoms with Crippen LogP contribution in [0.15, 0.2) is 29.3 Å². The fourth-order valence-corrected chi connectivity index (χ4v) is 3.52. The first kappa shape index (κ1) is 16.0. The van der Waals surface area contributed by atoms with Gasteiger partial charge in [0.2, 0.25) is 0 Å². The molecule has 2 saturated heterocycles. The fraction of sp³-hybridized carbons (Fsp3) is 0.438. The van der Waals surface area contributed by atoms with Crippen molar-refractivity contribution in [3.63, 3.8) is 0 Å². The van der Waals surface area contributed by atoms with E-state index in [9.17, 15) is 9.59 Å². The Morgan fingerprint density at radius 1 is 1.26 bits per heavy atom. The topological polar surface area (TPSA) is 66.7 Å². The van der Waals surface area contributed by atoms with E-state index in [1.54, 1.807) is 17.2 Å². The number of hydrogen-bond acceptors (Lipinski definition) is 4. The minimum Gasteiger partial charge on any atom is -0.338 e. The van der Waals surface area contributed by atoms with Crippen molar-refractivity contribution in [1.82, 2.24) is 19.6 Å². The van der Waals surface area contributed by atoms with Crippen molar-refractivity contribution in [3.8, 4) is 0 Å². The molecule has 1 N–H and O–H groups in total. The molecule has 2 atom stereocenters. The van der Waals surface area contributed by atoms with Gasteiger partial charge in [0.15, 0.2) is 0 Å². The van der Waals surface area contributed by atoms with E-state index in [-0.39, 0.29) is 29.4 Å². The third kappa shape index (κ3) is 2.62. The van der Waals surface area contributed by atoms with Crippen molar-refractivity contribution >= 4 is 24.0 Å². The average molecular weight is 335 g/mol. The summed E-state index contributed by atoms with van der Waals surface area (Å²) < 4.78 is 1.46. The predicted octanol–water partition coefficient (Wildman–Crippen LogP) is 0.716. The van der Waals surface area contributed by atoms with Gasteiger partial charge in [-0.25, -0.2) is 4.98 Å². The number of nitrogens with zero attached hydrogens (tertiary/aromatic N) is 3. The van der Waals surface area contributed by atoms with Crippen molar-refractivity contribution in [2.75, 3.05) is 26.2 Å². The molecule has 6 nitrogen and oxygen atoms in total. The molecule has 0 unspecified atom stereocenters. The van der Waals surface area contributed by atoms with Crippen LogP contribution in [0.2, 0.25) is 0 Å². The van der Waals surface area contributed by atoms with Gasteiger partial charge in [-0.05, 0) is 30.4 Å². The number of hydrogen-bond donors (Lipinski definition) is 1. The van der Waals surface area contributed by atoms with E-state index in [1.165, 1.54) is 10.6 Å². The lowest BCUT2D eigenvalue weighted by molar-refractivity contribution is 0.0779. The van der Waals surface area contributed by atoms with Gasteiger partial charge in [-0.3, -0.25) is 14.0 Å². The quantitative estimate of drug-likeness (QED) is 0.834. The highest BCUT2D eigenvalue weighted by molar-refractivity contribution is 5.94. The van der Waals surface area contributed by atoms with Crippen molar-refractivity contribution < 1.29 is 4.79 Å². The van der Waals surface area contributed by atoms with Crippen LogP contribution in [-0.2, 0) is 0 Å². The molecule has 0 aliphatic carbocycles. The van der Waals surface area contributed by atoms with Gasteiger partial charge in [0, 0.05) is 38.6 Å². The SMILES string of the molecule is Cc1ccc2ncc(C(=O)N3C[C@H]4CNC[C@H]4C3)c(=O)n2c1.Cl. The first-order valence-electron chi connectivity index (χ1n) is 7.61. The molecule has 23 heavy (non-hydrogen) atoms. The number of amides is 1. The maximum atomic E-state index is 12.7. The Morgan fingerprint density at radius 2 is 1.96 bits per heavy atom. The Bertz CT molecular complexity index is 807. The molecular formula is C16H19ClN4O2. The smallest absolute Gasteiger partial charge is 0.270 e. The molecule has 4 rings (SSSR count). The molecule has 2 aromatic heterocycles. The summed E-state index contributed by atoms with van der Waals surface area (Å²) in [5.41, 5.74) is 1.40. The number of aromatic nitrogens is 2. The Labute approximate surface area is 139 Å². The Hall–Kier alpha value is -1.92. The van der Waals surface area contributed by atoms with Gasteiger partial charge < -0.3 is 10.2 Å². The molecule has 2 aromatic rings. The monoisotopic (exact) mass is 334 g/mol. The van der Waals surface area contributed by atoms with Gasteiger partial charge in [0.25, 0.3) is 11.5 Å². The Balaban J connectivity index is 0.00000156. The molecule has 0 saturated carbocycles. The molecular weight excluding hydrogens is 316 g/mol. The summed E-state index contributed by atoms with van der Waals surface area (Å²) in [7, 11) is 0. The number of carbonyl (C=O) groups excluding carboxylic acids is 1. The zero-order valence-electron chi connectivity index (χ0n) is 12.9. The summed E-state index contributed by atoms with van der Waals surface area (Å²) in [5, 5.41) is 3.35.